The van der Waals surface area contributed by atoms with Gasteiger partial charge in [-0.15, -0.1) is 0 Å². The Morgan fingerprint density at radius 3 is 2.76 bits per heavy atom. The van der Waals surface area contributed by atoms with Gasteiger partial charge in [-0.25, -0.2) is 4.79 Å². The summed E-state index contributed by atoms with van der Waals surface area (Å²) < 4.78 is 5.41. The number of nitrogens with one attached hydrogen (secondary N) is 1. The number of amides is 2. The molecule has 0 aromatic heterocycles. The quantitative estimate of drug-likeness (QED) is 0.707. The van der Waals surface area contributed by atoms with Crippen LogP contribution in [-0.2, 0) is 4.74 Å². The van der Waals surface area contributed by atoms with Gasteiger partial charge in [0.25, 0.3) is 0 Å². The molecule has 2 amide bonds. The highest BCUT2D eigenvalue weighted by atomic mass is 16.5. The van der Waals surface area contributed by atoms with E-state index in [1.54, 1.807) is 4.90 Å². The largest absolute Gasteiger partial charge is 0.391 e. The summed E-state index contributed by atoms with van der Waals surface area (Å²) in [5.74, 6) is 0.285. The van der Waals surface area contributed by atoms with Gasteiger partial charge in [-0.1, -0.05) is 6.92 Å². The lowest BCUT2D eigenvalue weighted by atomic mass is 9.96. The Hall–Kier alpha value is -0.810. The van der Waals surface area contributed by atoms with Crippen LogP contribution in [0.5, 0.6) is 0 Å². The molecular weight excluding hydrogens is 220 g/mol. The molecule has 0 bridgehead atoms. The van der Waals surface area contributed by atoms with Crippen molar-refractivity contribution in [2.45, 2.75) is 44.9 Å². The van der Waals surface area contributed by atoms with Crippen LogP contribution in [0, 0.1) is 5.92 Å². The fourth-order valence-corrected chi connectivity index (χ4v) is 2.40. The zero-order chi connectivity index (χ0) is 12.4. The first-order chi connectivity index (χ1) is 8.08. The van der Waals surface area contributed by atoms with Crippen molar-refractivity contribution < 1.29 is 14.6 Å². The number of nitrogens with zero attached hydrogens (tertiary/aromatic N) is 1. The third kappa shape index (κ3) is 2.90. The molecule has 2 heterocycles. The number of carbonyl (C=O) groups excluding carboxylic acids is 1. The second kappa shape index (κ2) is 5.23. The first kappa shape index (κ1) is 12.6. The van der Waals surface area contributed by atoms with Crippen LogP contribution in [0.3, 0.4) is 0 Å². The van der Waals surface area contributed by atoms with Gasteiger partial charge in [-0.2, -0.15) is 0 Å². The predicted octanol–water partition coefficient (Wildman–Crippen LogP) is 0.576. The average molecular weight is 242 g/mol. The Balaban J connectivity index is 1.83. The van der Waals surface area contributed by atoms with Crippen LogP contribution in [0.15, 0.2) is 0 Å². The highest BCUT2D eigenvalue weighted by Gasteiger charge is 2.31. The second-order valence-electron chi connectivity index (χ2n) is 5.20. The summed E-state index contributed by atoms with van der Waals surface area (Å²) in [6, 6.07) is 0.0392. The van der Waals surface area contributed by atoms with Gasteiger partial charge in [-0.3, -0.25) is 0 Å². The number of urea groups is 1. The van der Waals surface area contributed by atoms with Crippen molar-refractivity contribution in [1.29, 1.82) is 0 Å². The van der Waals surface area contributed by atoms with Crippen LogP contribution in [0.1, 0.15) is 26.7 Å². The molecule has 0 spiro atoms. The van der Waals surface area contributed by atoms with E-state index in [1.165, 1.54) is 0 Å². The van der Waals surface area contributed by atoms with Gasteiger partial charge < -0.3 is 20.1 Å². The maximum Gasteiger partial charge on any atom is 0.317 e. The minimum Gasteiger partial charge on any atom is -0.391 e. The van der Waals surface area contributed by atoms with Gasteiger partial charge in [0, 0.05) is 19.7 Å². The van der Waals surface area contributed by atoms with Crippen molar-refractivity contribution in [2.75, 3.05) is 19.7 Å². The van der Waals surface area contributed by atoms with E-state index in [2.05, 4.69) is 5.32 Å². The van der Waals surface area contributed by atoms with Crippen LogP contribution in [-0.4, -0.2) is 54.0 Å². The third-order valence-corrected chi connectivity index (χ3v) is 3.89. The van der Waals surface area contributed by atoms with Gasteiger partial charge in [0.05, 0.1) is 18.2 Å². The molecule has 2 aliphatic heterocycles. The number of ether oxygens (including phenoxy) is 1. The van der Waals surface area contributed by atoms with Crippen molar-refractivity contribution >= 4 is 6.03 Å². The van der Waals surface area contributed by atoms with Crippen molar-refractivity contribution in [3.8, 4) is 0 Å². The Kier molecular flexibility index (Phi) is 3.89. The summed E-state index contributed by atoms with van der Waals surface area (Å²) in [5.41, 5.74) is 0. The average Bonchev–Trinajstić information content (AvgIpc) is 2.68. The monoisotopic (exact) mass is 242 g/mol. The maximum atomic E-state index is 12.0. The van der Waals surface area contributed by atoms with Crippen LogP contribution in [0.2, 0.25) is 0 Å². The van der Waals surface area contributed by atoms with Crippen molar-refractivity contribution in [1.82, 2.24) is 10.2 Å². The molecule has 4 unspecified atom stereocenters. The van der Waals surface area contributed by atoms with Crippen LogP contribution < -0.4 is 5.32 Å². The number of β-amino-alcohol motifs (C(OH)–C–C–N with tert-alkyl or cyclic N) is 1. The molecular formula is C12H22N2O3. The molecule has 0 radical (unpaired) electrons. The molecule has 5 nitrogen and oxygen atoms in total. The summed E-state index contributed by atoms with van der Waals surface area (Å²) >= 11 is 0. The fraction of sp³-hybridized carbons (Fsp3) is 0.917. The molecule has 5 heteroatoms. The predicted molar refractivity (Wildman–Crippen MR) is 63.7 cm³/mol. The lowest BCUT2D eigenvalue weighted by molar-refractivity contribution is 0.0420. The topological polar surface area (TPSA) is 61.8 Å². The van der Waals surface area contributed by atoms with Crippen molar-refractivity contribution in [3.63, 3.8) is 0 Å². The van der Waals surface area contributed by atoms with E-state index in [9.17, 15) is 9.90 Å². The van der Waals surface area contributed by atoms with E-state index in [0.29, 0.717) is 13.2 Å². The maximum absolute atomic E-state index is 12.0. The molecule has 0 saturated carbocycles. The number of aliphatic hydroxyl groups is 1. The SMILES string of the molecule is CC1CCN(C(=O)NC2CCOC2C)CC1O. The smallest absolute Gasteiger partial charge is 0.317 e. The summed E-state index contributed by atoms with van der Waals surface area (Å²) in [7, 11) is 0. The van der Waals surface area contributed by atoms with E-state index in [-0.39, 0.29) is 24.1 Å². The molecule has 17 heavy (non-hydrogen) atoms. The molecule has 0 aromatic carbocycles. The molecule has 2 aliphatic rings. The zero-order valence-electron chi connectivity index (χ0n) is 10.6. The van der Waals surface area contributed by atoms with E-state index >= 15 is 0 Å². The molecule has 4 atom stereocenters. The third-order valence-electron chi connectivity index (χ3n) is 3.89. The van der Waals surface area contributed by atoms with E-state index < -0.39 is 6.10 Å². The molecule has 0 aliphatic carbocycles. The summed E-state index contributed by atoms with van der Waals surface area (Å²) in [4.78, 5) is 13.7. The van der Waals surface area contributed by atoms with Gasteiger partial charge >= 0.3 is 6.03 Å². The van der Waals surface area contributed by atoms with Crippen molar-refractivity contribution in [3.05, 3.63) is 0 Å². The Bertz CT molecular complexity index is 285. The standard InChI is InChI=1S/C12H22N2O3/c1-8-3-5-14(7-11(8)15)12(16)13-10-4-6-17-9(10)2/h8-11,15H,3-7H2,1-2H3,(H,13,16). The Morgan fingerprint density at radius 2 is 2.18 bits per heavy atom. The molecule has 2 N–H and O–H groups in total. The normalized spacial score (nSPS) is 38.2. The minimum atomic E-state index is -0.397. The first-order valence-corrected chi connectivity index (χ1v) is 6.43. The number of aliphatic hydroxyl groups excluding tert-OH is 1. The van der Waals surface area contributed by atoms with Crippen LogP contribution in [0.4, 0.5) is 4.79 Å². The van der Waals surface area contributed by atoms with Gasteiger partial charge in [0.2, 0.25) is 0 Å². The van der Waals surface area contributed by atoms with Crippen LogP contribution >= 0.6 is 0 Å². The zero-order valence-corrected chi connectivity index (χ0v) is 10.6. The number of carbonyl (C=O) groups is 1. The summed E-state index contributed by atoms with van der Waals surface area (Å²) in [6.45, 7) is 5.88. The molecule has 2 fully saturated rings. The number of likely N-dealkylation sites (tertiary alicyclic amines) is 1. The van der Waals surface area contributed by atoms with E-state index in [0.717, 1.165) is 19.4 Å². The minimum absolute atomic E-state index is 0.0710. The number of hydrogen-bond donors (Lipinski definition) is 2. The molecule has 0 aromatic rings. The number of rotatable bonds is 1. The Morgan fingerprint density at radius 1 is 1.41 bits per heavy atom. The van der Waals surface area contributed by atoms with E-state index in [4.69, 9.17) is 4.74 Å². The highest BCUT2D eigenvalue weighted by Crippen LogP contribution is 2.18. The molecule has 2 saturated heterocycles. The summed E-state index contributed by atoms with van der Waals surface area (Å²) in [5, 5.41) is 12.7. The van der Waals surface area contributed by atoms with Gasteiger partial charge in [0.1, 0.15) is 0 Å². The highest BCUT2D eigenvalue weighted by molar-refractivity contribution is 5.74. The fourth-order valence-electron chi connectivity index (χ4n) is 2.40. The van der Waals surface area contributed by atoms with Gasteiger partial charge in [-0.05, 0) is 25.7 Å². The summed E-state index contributed by atoms with van der Waals surface area (Å²) in [6.07, 6.45) is 1.43. The lowest BCUT2D eigenvalue weighted by Crippen LogP contribution is -2.52. The van der Waals surface area contributed by atoms with Crippen LogP contribution in [0.25, 0.3) is 0 Å². The Labute approximate surface area is 102 Å². The van der Waals surface area contributed by atoms with E-state index in [1.807, 2.05) is 13.8 Å². The number of hydrogen-bond acceptors (Lipinski definition) is 3. The van der Waals surface area contributed by atoms with Crippen molar-refractivity contribution in [2.24, 2.45) is 5.92 Å². The molecule has 2 rings (SSSR count). The lowest BCUT2D eigenvalue weighted by Gasteiger charge is -2.35. The second-order valence-corrected chi connectivity index (χ2v) is 5.20. The first-order valence-electron chi connectivity index (χ1n) is 6.43. The van der Waals surface area contributed by atoms with Gasteiger partial charge in [0.15, 0.2) is 0 Å². The number of piperidine rings is 1. The molecule has 98 valence electrons.